The van der Waals surface area contributed by atoms with Crippen LogP contribution in [-0.2, 0) is 7.05 Å². The predicted octanol–water partition coefficient (Wildman–Crippen LogP) is 2.40. The lowest BCUT2D eigenvalue weighted by atomic mass is 10.2. The second-order valence-corrected chi connectivity index (χ2v) is 3.95. The summed E-state index contributed by atoms with van der Waals surface area (Å²) in [6.45, 7) is 0. The van der Waals surface area contributed by atoms with Gasteiger partial charge in [0.1, 0.15) is 5.82 Å². The van der Waals surface area contributed by atoms with Crippen molar-refractivity contribution >= 4 is 12.2 Å². The van der Waals surface area contributed by atoms with E-state index in [2.05, 4.69) is 0 Å². The smallest absolute Gasteiger partial charge is 0.223 e. The highest BCUT2D eigenvalue weighted by Crippen LogP contribution is 2.10. The summed E-state index contributed by atoms with van der Waals surface area (Å²) in [6.07, 6.45) is 4.73. The lowest BCUT2D eigenvalue weighted by Crippen LogP contribution is -2.06. The Balaban J connectivity index is 2.35. The second kappa shape index (κ2) is 4.87. The van der Waals surface area contributed by atoms with Crippen molar-refractivity contribution in [2.24, 2.45) is 7.05 Å². The Morgan fingerprint density at radius 1 is 1.28 bits per heavy atom. The highest BCUT2D eigenvalue weighted by molar-refractivity contribution is 5.68. The molecule has 1 aromatic heterocycles. The number of hydrogen-bond donors (Lipinski definition) is 1. The molecule has 0 unspecified atom stereocenters. The van der Waals surface area contributed by atoms with E-state index >= 15 is 0 Å². The fraction of sp³-hybridized carbons (Fsp3) is 0.0714. The minimum Gasteiger partial charge on any atom is -0.503 e. The van der Waals surface area contributed by atoms with Crippen molar-refractivity contribution in [2.45, 2.75) is 0 Å². The van der Waals surface area contributed by atoms with Gasteiger partial charge in [-0.1, -0.05) is 18.2 Å². The first-order valence-corrected chi connectivity index (χ1v) is 5.39. The maximum Gasteiger partial charge on any atom is 0.223 e. The highest BCUT2D eigenvalue weighted by Gasteiger charge is 2.00. The summed E-state index contributed by atoms with van der Waals surface area (Å²) in [5, 5.41) is 9.24. The molecule has 0 aliphatic rings. The third-order valence-electron chi connectivity index (χ3n) is 2.55. The summed E-state index contributed by atoms with van der Waals surface area (Å²) in [5.41, 5.74) is 0.893. The second-order valence-electron chi connectivity index (χ2n) is 3.95. The summed E-state index contributed by atoms with van der Waals surface area (Å²) in [6, 6.07) is 7.47. The van der Waals surface area contributed by atoms with Crippen molar-refractivity contribution in [1.82, 2.24) is 4.57 Å². The molecule has 0 fully saturated rings. The molecular weight excluding hydrogens is 233 g/mol. The largest absolute Gasteiger partial charge is 0.503 e. The van der Waals surface area contributed by atoms with Crippen LogP contribution in [0.2, 0.25) is 0 Å². The van der Waals surface area contributed by atoms with Crippen molar-refractivity contribution < 1.29 is 9.50 Å². The number of hydrogen-bond acceptors (Lipinski definition) is 2. The van der Waals surface area contributed by atoms with Gasteiger partial charge >= 0.3 is 0 Å². The molecule has 4 heteroatoms. The van der Waals surface area contributed by atoms with Crippen LogP contribution in [0.1, 0.15) is 11.3 Å². The third kappa shape index (κ3) is 2.66. The molecule has 3 nitrogen and oxygen atoms in total. The van der Waals surface area contributed by atoms with Gasteiger partial charge in [-0.15, -0.1) is 0 Å². The fourth-order valence-corrected chi connectivity index (χ4v) is 1.59. The van der Waals surface area contributed by atoms with Crippen LogP contribution >= 0.6 is 0 Å². The first-order valence-electron chi connectivity index (χ1n) is 5.39. The number of rotatable bonds is 2. The van der Waals surface area contributed by atoms with Crippen LogP contribution in [-0.4, -0.2) is 9.67 Å². The van der Waals surface area contributed by atoms with E-state index in [0.29, 0.717) is 11.3 Å². The Hall–Kier alpha value is -2.36. The van der Waals surface area contributed by atoms with Crippen LogP contribution in [0.3, 0.4) is 0 Å². The van der Waals surface area contributed by atoms with Crippen molar-refractivity contribution in [3.63, 3.8) is 0 Å². The summed E-state index contributed by atoms with van der Waals surface area (Å²) >= 11 is 0. The van der Waals surface area contributed by atoms with Gasteiger partial charge in [0.25, 0.3) is 0 Å². The van der Waals surface area contributed by atoms with Gasteiger partial charge in [-0.2, -0.15) is 0 Å². The van der Waals surface area contributed by atoms with Gasteiger partial charge in [0, 0.05) is 25.0 Å². The Bertz CT molecular complexity index is 659. The Labute approximate surface area is 103 Å². The molecule has 1 N–H and O–H groups in total. The van der Waals surface area contributed by atoms with Gasteiger partial charge in [-0.3, -0.25) is 4.79 Å². The zero-order chi connectivity index (χ0) is 13.1. The van der Waals surface area contributed by atoms with Crippen molar-refractivity contribution in [2.75, 3.05) is 0 Å². The molecule has 2 aromatic rings. The lowest BCUT2D eigenvalue weighted by Gasteiger charge is -2.04. The fourth-order valence-electron chi connectivity index (χ4n) is 1.59. The van der Waals surface area contributed by atoms with Crippen LogP contribution in [0.25, 0.3) is 12.2 Å². The summed E-state index contributed by atoms with van der Waals surface area (Å²) in [7, 11) is 1.71. The van der Waals surface area contributed by atoms with E-state index in [-0.39, 0.29) is 11.6 Å². The third-order valence-corrected chi connectivity index (χ3v) is 2.55. The Morgan fingerprint density at radius 3 is 2.78 bits per heavy atom. The number of nitrogens with zero attached hydrogens (tertiary/aromatic N) is 1. The molecule has 18 heavy (non-hydrogen) atoms. The molecular formula is C14H12FNO2. The van der Waals surface area contributed by atoms with Gasteiger partial charge in [-0.25, -0.2) is 4.39 Å². The minimum atomic E-state index is -0.438. The standard InChI is InChI=1S/C14H12FNO2/c1-16-9-14(18)13(17)8-12(16)6-5-10-3-2-4-11(15)7-10/h2-9,18H,1H3/b6-5+. The van der Waals surface area contributed by atoms with Gasteiger partial charge in [-0.05, 0) is 23.8 Å². The zero-order valence-electron chi connectivity index (χ0n) is 9.80. The van der Waals surface area contributed by atoms with E-state index in [1.165, 1.54) is 24.4 Å². The maximum absolute atomic E-state index is 13.0. The maximum atomic E-state index is 13.0. The topological polar surface area (TPSA) is 42.2 Å². The number of aryl methyl sites for hydroxylation is 1. The highest BCUT2D eigenvalue weighted by atomic mass is 19.1. The average molecular weight is 245 g/mol. The molecule has 0 radical (unpaired) electrons. The normalized spacial score (nSPS) is 11.0. The van der Waals surface area contributed by atoms with Crippen LogP contribution < -0.4 is 5.43 Å². The summed E-state index contributed by atoms with van der Waals surface area (Å²) < 4.78 is 14.6. The summed E-state index contributed by atoms with van der Waals surface area (Å²) in [5.74, 6) is -0.600. The minimum absolute atomic E-state index is 0.291. The van der Waals surface area contributed by atoms with Gasteiger partial charge in [0.2, 0.25) is 5.43 Å². The number of aromatic hydroxyl groups is 1. The van der Waals surface area contributed by atoms with Crippen LogP contribution in [0, 0.1) is 5.82 Å². The SMILES string of the molecule is Cn1cc(O)c(=O)cc1/C=C/c1cccc(F)c1. The number of benzene rings is 1. The molecule has 2 rings (SSSR count). The van der Waals surface area contributed by atoms with E-state index in [1.54, 1.807) is 35.9 Å². The first-order chi connectivity index (χ1) is 8.56. The molecule has 0 saturated heterocycles. The zero-order valence-corrected chi connectivity index (χ0v) is 9.80. The molecule has 1 heterocycles. The van der Waals surface area contributed by atoms with E-state index in [0.717, 1.165) is 0 Å². The molecule has 0 bridgehead atoms. The average Bonchev–Trinajstić information content (AvgIpc) is 2.32. The number of pyridine rings is 1. The Kier molecular flexibility index (Phi) is 3.28. The molecule has 0 aliphatic heterocycles. The van der Waals surface area contributed by atoms with E-state index in [9.17, 15) is 14.3 Å². The van der Waals surface area contributed by atoms with Crippen LogP contribution in [0.15, 0.2) is 41.3 Å². The molecule has 1 aromatic carbocycles. The van der Waals surface area contributed by atoms with E-state index in [4.69, 9.17) is 0 Å². The van der Waals surface area contributed by atoms with Gasteiger partial charge < -0.3 is 9.67 Å². The van der Waals surface area contributed by atoms with E-state index in [1.807, 2.05) is 0 Å². The molecule has 0 spiro atoms. The summed E-state index contributed by atoms with van der Waals surface area (Å²) in [4.78, 5) is 11.3. The first kappa shape index (κ1) is 12.1. The van der Waals surface area contributed by atoms with E-state index < -0.39 is 5.43 Å². The van der Waals surface area contributed by atoms with Crippen molar-refractivity contribution in [1.29, 1.82) is 0 Å². The van der Waals surface area contributed by atoms with Crippen LogP contribution in [0.5, 0.6) is 5.75 Å². The van der Waals surface area contributed by atoms with Crippen LogP contribution in [0.4, 0.5) is 4.39 Å². The van der Waals surface area contributed by atoms with Crippen molar-refractivity contribution in [3.05, 3.63) is 63.8 Å². The quantitative estimate of drug-likeness (QED) is 0.882. The number of aromatic nitrogens is 1. The molecule has 92 valence electrons. The van der Waals surface area contributed by atoms with Crippen molar-refractivity contribution in [3.8, 4) is 5.75 Å². The molecule has 0 aliphatic carbocycles. The molecule has 0 atom stereocenters. The van der Waals surface area contributed by atoms with Gasteiger partial charge in [0.05, 0.1) is 0 Å². The number of halogens is 1. The monoisotopic (exact) mass is 245 g/mol. The lowest BCUT2D eigenvalue weighted by molar-refractivity contribution is 0.463. The van der Waals surface area contributed by atoms with Gasteiger partial charge in [0.15, 0.2) is 5.75 Å². The Morgan fingerprint density at radius 2 is 2.06 bits per heavy atom. The predicted molar refractivity (Wildman–Crippen MR) is 68.7 cm³/mol. The molecule has 0 amide bonds. The molecule has 0 saturated carbocycles.